The summed E-state index contributed by atoms with van der Waals surface area (Å²) in [6.07, 6.45) is 4.12. The molecule has 0 aliphatic carbocycles. The normalized spacial score (nSPS) is 20.2. The number of methoxy groups -OCH3 is 1. The van der Waals surface area contributed by atoms with Gasteiger partial charge in [0.05, 0.1) is 13.2 Å². The molecular weight excluding hydrogens is 324 g/mol. The molecule has 2 fully saturated rings. The first-order valence-corrected chi connectivity index (χ1v) is 8.87. The Morgan fingerprint density at radius 2 is 1.96 bits per heavy atom. The molecule has 2 heterocycles. The van der Waals surface area contributed by atoms with E-state index < -0.39 is 0 Å². The third-order valence-electron chi connectivity index (χ3n) is 5.21. The summed E-state index contributed by atoms with van der Waals surface area (Å²) in [5.74, 6) is 1.75. The van der Waals surface area contributed by atoms with Crippen molar-refractivity contribution in [2.75, 3.05) is 33.3 Å². The van der Waals surface area contributed by atoms with E-state index in [1.54, 1.807) is 7.11 Å². The number of benzene rings is 1. The van der Waals surface area contributed by atoms with Gasteiger partial charge in [-0.2, -0.15) is 0 Å². The third kappa shape index (κ3) is 4.35. The highest BCUT2D eigenvalue weighted by Crippen LogP contribution is 2.40. The first-order chi connectivity index (χ1) is 11.1. The molecule has 0 atom stereocenters. The van der Waals surface area contributed by atoms with Crippen LogP contribution in [-0.2, 0) is 6.54 Å². The number of nitrogens with one attached hydrogen (secondary N) is 1. The van der Waals surface area contributed by atoms with Crippen molar-refractivity contribution < 1.29 is 9.47 Å². The number of hydrogen-bond acceptors (Lipinski definition) is 4. The molecule has 0 bridgehead atoms. The lowest BCUT2D eigenvalue weighted by Gasteiger charge is -2.34. The average molecular weight is 355 g/mol. The van der Waals surface area contributed by atoms with Gasteiger partial charge in [0, 0.05) is 18.7 Å². The fourth-order valence-electron chi connectivity index (χ4n) is 3.98. The van der Waals surface area contributed by atoms with E-state index in [9.17, 15) is 0 Å². The SMILES string of the molecule is COc1cccc(CN2CCC3(CCNCC3)C2)c1OC(C)C.Cl. The van der Waals surface area contributed by atoms with Crippen molar-refractivity contribution in [1.82, 2.24) is 10.2 Å². The molecule has 24 heavy (non-hydrogen) atoms. The zero-order valence-electron chi connectivity index (χ0n) is 15.1. The first kappa shape index (κ1) is 19.4. The summed E-state index contributed by atoms with van der Waals surface area (Å²) in [5, 5.41) is 3.49. The van der Waals surface area contributed by atoms with E-state index in [0.717, 1.165) is 18.0 Å². The summed E-state index contributed by atoms with van der Waals surface area (Å²) in [6, 6.07) is 6.23. The Morgan fingerprint density at radius 3 is 2.62 bits per heavy atom. The fraction of sp³-hybridized carbons (Fsp3) is 0.684. The molecule has 1 N–H and O–H groups in total. The highest BCUT2D eigenvalue weighted by atomic mass is 35.5. The van der Waals surface area contributed by atoms with Crippen LogP contribution in [0.25, 0.3) is 0 Å². The Bertz CT molecular complexity index is 530. The molecule has 5 heteroatoms. The zero-order chi connectivity index (χ0) is 16.3. The number of halogens is 1. The largest absolute Gasteiger partial charge is 0.493 e. The van der Waals surface area contributed by atoms with Crippen molar-refractivity contribution in [1.29, 1.82) is 0 Å². The van der Waals surface area contributed by atoms with Crippen LogP contribution in [0.5, 0.6) is 11.5 Å². The van der Waals surface area contributed by atoms with Crippen molar-refractivity contribution in [2.24, 2.45) is 5.41 Å². The maximum atomic E-state index is 6.05. The van der Waals surface area contributed by atoms with Crippen LogP contribution in [0, 0.1) is 5.41 Å². The van der Waals surface area contributed by atoms with Crippen LogP contribution < -0.4 is 14.8 Å². The lowest BCUT2D eigenvalue weighted by atomic mass is 9.78. The molecule has 1 aromatic carbocycles. The predicted octanol–water partition coefficient (Wildman–Crippen LogP) is 3.48. The molecule has 3 rings (SSSR count). The van der Waals surface area contributed by atoms with Crippen molar-refractivity contribution in [3.05, 3.63) is 23.8 Å². The third-order valence-corrected chi connectivity index (χ3v) is 5.21. The summed E-state index contributed by atoms with van der Waals surface area (Å²) < 4.78 is 11.6. The predicted molar refractivity (Wildman–Crippen MR) is 100 cm³/mol. The molecule has 0 saturated carbocycles. The molecule has 0 unspecified atom stereocenters. The number of ether oxygens (including phenoxy) is 2. The lowest BCUT2D eigenvalue weighted by Crippen LogP contribution is -2.38. The number of piperidine rings is 1. The number of rotatable bonds is 5. The Labute approximate surface area is 152 Å². The van der Waals surface area contributed by atoms with E-state index in [2.05, 4.69) is 36.2 Å². The van der Waals surface area contributed by atoms with Gasteiger partial charge in [-0.25, -0.2) is 0 Å². The van der Waals surface area contributed by atoms with Crippen LogP contribution in [-0.4, -0.2) is 44.3 Å². The Balaban J connectivity index is 0.00000208. The van der Waals surface area contributed by atoms with Gasteiger partial charge in [0.2, 0.25) is 0 Å². The first-order valence-electron chi connectivity index (χ1n) is 8.87. The lowest BCUT2D eigenvalue weighted by molar-refractivity contribution is 0.189. The van der Waals surface area contributed by atoms with E-state index in [1.165, 1.54) is 51.0 Å². The number of para-hydroxylation sites is 1. The second-order valence-electron chi connectivity index (χ2n) is 7.33. The molecule has 0 radical (unpaired) electrons. The van der Waals surface area contributed by atoms with E-state index in [-0.39, 0.29) is 18.5 Å². The van der Waals surface area contributed by atoms with Crippen LogP contribution in [0.15, 0.2) is 18.2 Å². The van der Waals surface area contributed by atoms with Crippen LogP contribution in [0.2, 0.25) is 0 Å². The highest BCUT2D eigenvalue weighted by molar-refractivity contribution is 5.85. The topological polar surface area (TPSA) is 33.7 Å². The average Bonchev–Trinajstić information content (AvgIpc) is 2.91. The van der Waals surface area contributed by atoms with Gasteiger partial charge < -0.3 is 14.8 Å². The monoisotopic (exact) mass is 354 g/mol. The van der Waals surface area contributed by atoms with Crippen molar-refractivity contribution in [3.8, 4) is 11.5 Å². The summed E-state index contributed by atoms with van der Waals surface area (Å²) in [4.78, 5) is 2.59. The van der Waals surface area contributed by atoms with E-state index in [0.29, 0.717) is 5.41 Å². The molecule has 2 aliphatic heterocycles. The van der Waals surface area contributed by atoms with Crippen LogP contribution in [0.3, 0.4) is 0 Å². The Hall–Kier alpha value is -0.970. The molecular formula is C19H31ClN2O2. The fourth-order valence-corrected chi connectivity index (χ4v) is 3.98. The quantitative estimate of drug-likeness (QED) is 0.877. The van der Waals surface area contributed by atoms with Crippen molar-refractivity contribution in [2.45, 2.75) is 45.8 Å². The van der Waals surface area contributed by atoms with Crippen molar-refractivity contribution in [3.63, 3.8) is 0 Å². The molecule has 1 spiro atoms. The Morgan fingerprint density at radius 1 is 1.21 bits per heavy atom. The van der Waals surface area contributed by atoms with Gasteiger partial charge in [-0.15, -0.1) is 12.4 Å². The van der Waals surface area contributed by atoms with Gasteiger partial charge in [0.15, 0.2) is 11.5 Å². The summed E-state index contributed by atoms with van der Waals surface area (Å²) >= 11 is 0. The standard InChI is InChI=1S/C19H30N2O2.ClH/c1-15(2)23-18-16(5-4-6-17(18)22-3)13-21-12-9-19(14-21)7-10-20-11-8-19;/h4-6,15,20H,7-14H2,1-3H3;1H. The molecule has 136 valence electrons. The van der Waals surface area contributed by atoms with Gasteiger partial charge in [-0.05, 0) is 64.2 Å². The summed E-state index contributed by atoms with van der Waals surface area (Å²) in [7, 11) is 1.71. The molecule has 4 nitrogen and oxygen atoms in total. The number of nitrogens with zero attached hydrogens (tertiary/aromatic N) is 1. The van der Waals surface area contributed by atoms with Crippen LogP contribution >= 0.6 is 12.4 Å². The molecule has 1 aromatic rings. The van der Waals surface area contributed by atoms with E-state index in [1.807, 2.05) is 6.07 Å². The Kier molecular flexibility index (Phi) is 6.79. The molecule has 2 aliphatic rings. The van der Waals surface area contributed by atoms with Gasteiger partial charge >= 0.3 is 0 Å². The van der Waals surface area contributed by atoms with Crippen LogP contribution in [0.4, 0.5) is 0 Å². The summed E-state index contributed by atoms with van der Waals surface area (Å²) in [6.45, 7) is 9.84. The van der Waals surface area contributed by atoms with Gasteiger partial charge in [-0.3, -0.25) is 4.90 Å². The molecule has 2 saturated heterocycles. The maximum Gasteiger partial charge on any atom is 0.166 e. The van der Waals surface area contributed by atoms with Crippen LogP contribution in [0.1, 0.15) is 38.7 Å². The minimum Gasteiger partial charge on any atom is -0.493 e. The minimum absolute atomic E-state index is 0. The number of likely N-dealkylation sites (tertiary alicyclic amines) is 1. The molecule has 0 amide bonds. The zero-order valence-corrected chi connectivity index (χ0v) is 16.0. The van der Waals surface area contributed by atoms with Gasteiger partial charge in [-0.1, -0.05) is 12.1 Å². The number of hydrogen-bond donors (Lipinski definition) is 1. The second kappa shape index (κ2) is 8.41. The van der Waals surface area contributed by atoms with Gasteiger partial charge in [0.25, 0.3) is 0 Å². The van der Waals surface area contributed by atoms with Crippen molar-refractivity contribution >= 4 is 12.4 Å². The maximum absolute atomic E-state index is 6.05. The smallest absolute Gasteiger partial charge is 0.166 e. The second-order valence-corrected chi connectivity index (χ2v) is 7.33. The molecule has 0 aromatic heterocycles. The van der Waals surface area contributed by atoms with E-state index in [4.69, 9.17) is 9.47 Å². The highest BCUT2D eigenvalue weighted by Gasteiger charge is 2.38. The van der Waals surface area contributed by atoms with E-state index >= 15 is 0 Å². The van der Waals surface area contributed by atoms with Gasteiger partial charge in [0.1, 0.15) is 0 Å². The summed E-state index contributed by atoms with van der Waals surface area (Å²) in [5.41, 5.74) is 1.78. The minimum atomic E-state index is 0.